The van der Waals surface area contributed by atoms with E-state index >= 15 is 0 Å². The normalized spacial score (nSPS) is 38.4. The Morgan fingerprint density at radius 3 is 2.76 bits per heavy atom. The van der Waals surface area contributed by atoms with Crippen LogP contribution in [0.15, 0.2) is 23.3 Å². The van der Waals surface area contributed by atoms with Crippen molar-refractivity contribution < 1.29 is 19.1 Å². The third kappa shape index (κ3) is 3.74. The van der Waals surface area contributed by atoms with Gasteiger partial charge in [0.2, 0.25) is 0 Å². The first kappa shape index (κ1) is 15.8. The molecule has 1 saturated heterocycles. The molecule has 0 amide bonds. The van der Waals surface area contributed by atoms with E-state index in [0.29, 0.717) is 6.42 Å². The molecule has 1 fully saturated rings. The van der Waals surface area contributed by atoms with E-state index < -0.39 is 0 Å². The van der Waals surface area contributed by atoms with Crippen LogP contribution in [0.25, 0.3) is 0 Å². The zero-order valence-electron chi connectivity index (χ0n) is 13.2. The predicted octanol–water partition coefficient (Wildman–Crippen LogP) is 3.17. The molecule has 0 radical (unpaired) electrons. The molecule has 1 aliphatic carbocycles. The van der Waals surface area contributed by atoms with E-state index in [9.17, 15) is 9.59 Å². The molecule has 1 aliphatic heterocycles. The van der Waals surface area contributed by atoms with Gasteiger partial charge in [0.25, 0.3) is 0 Å². The fraction of sp³-hybridized carbons (Fsp3) is 0.647. The first-order valence-electron chi connectivity index (χ1n) is 7.60. The first-order chi connectivity index (χ1) is 9.88. The monoisotopic (exact) mass is 292 g/mol. The lowest BCUT2D eigenvalue weighted by atomic mass is 9.84. The van der Waals surface area contributed by atoms with Crippen molar-refractivity contribution in [3.05, 3.63) is 23.3 Å². The lowest BCUT2D eigenvalue weighted by Crippen LogP contribution is -2.23. The molecule has 0 spiro atoms. The van der Waals surface area contributed by atoms with Crippen LogP contribution in [0, 0.1) is 11.8 Å². The van der Waals surface area contributed by atoms with Gasteiger partial charge in [-0.05, 0) is 38.3 Å². The second-order valence-corrected chi connectivity index (χ2v) is 6.19. The average Bonchev–Trinajstić information content (AvgIpc) is 2.66. The number of rotatable bonds is 1. The molecule has 21 heavy (non-hydrogen) atoms. The molecule has 0 unspecified atom stereocenters. The van der Waals surface area contributed by atoms with Crippen LogP contribution in [0.4, 0.5) is 0 Å². The van der Waals surface area contributed by atoms with E-state index in [1.807, 2.05) is 19.9 Å². The summed E-state index contributed by atoms with van der Waals surface area (Å²) in [5, 5.41) is 0. The van der Waals surface area contributed by atoms with E-state index in [4.69, 9.17) is 9.47 Å². The Hall–Kier alpha value is -1.58. The van der Waals surface area contributed by atoms with Crippen molar-refractivity contribution in [1.29, 1.82) is 0 Å². The summed E-state index contributed by atoms with van der Waals surface area (Å²) >= 11 is 0. The van der Waals surface area contributed by atoms with Crippen LogP contribution in [0.5, 0.6) is 0 Å². The first-order valence-corrected chi connectivity index (χ1v) is 7.60. The van der Waals surface area contributed by atoms with Crippen molar-refractivity contribution in [3.8, 4) is 0 Å². The van der Waals surface area contributed by atoms with Crippen LogP contribution in [-0.4, -0.2) is 24.1 Å². The van der Waals surface area contributed by atoms with Gasteiger partial charge in [-0.2, -0.15) is 0 Å². The molecule has 0 aromatic rings. The summed E-state index contributed by atoms with van der Waals surface area (Å²) in [4.78, 5) is 23.1. The van der Waals surface area contributed by atoms with E-state index in [2.05, 4.69) is 13.0 Å². The van der Waals surface area contributed by atoms with E-state index in [1.165, 1.54) is 12.5 Å². The van der Waals surface area contributed by atoms with E-state index in [1.54, 1.807) is 0 Å². The fourth-order valence-corrected chi connectivity index (χ4v) is 3.06. The van der Waals surface area contributed by atoms with Crippen molar-refractivity contribution >= 4 is 11.9 Å². The van der Waals surface area contributed by atoms with Gasteiger partial charge >= 0.3 is 11.9 Å². The standard InChI is InChI=1S/C17H24O4/c1-10-5-7-14-12(3)17(19)21-16(14)9-11(2)15(8-6-10)20-13(4)18/h6,9,12,14-16H,5,7-8H2,1-4H3/b10-6+,11-9-/t12-,14+,15+,16+/m1/s1. The summed E-state index contributed by atoms with van der Waals surface area (Å²) < 4.78 is 10.9. The van der Waals surface area contributed by atoms with Gasteiger partial charge in [-0.3, -0.25) is 9.59 Å². The highest BCUT2D eigenvalue weighted by atomic mass is 16.6. The molecular formula is C17H24O4. The summed E-state index contributed by atoms with van der Waals surface area (Å²) in [6.07, 6.45) is 6.20. The van der Waals surface area contributed by atoms with E-state index in [0.717, 1.165) is 18.4 Å². The number of hydrogen-bond donors (Lipinski definition) is 0. The summed E-state index contributed by atoms with van der Waals surface area (Å²) in [7, 11) is 0. The number of esters is 2. The molecule has 0 N–H and O–H groups in total. The number of carbonyl (C=O) groups excluding carboxylic acids is 2. The lowest BCUT2D eigenvalue weighted by molar-refractivity contribution is -0.145. The summed E-state index contributed by atoms with van der Waals surface area (Å²) in [5.74, 6) is -0.284. The number of fused-ring (bicyclic) bond motifs is 1. The molecule has 4 heteroatoms. The van der Waals surface area contributed by atoms with Gasteiger partial charge in [-0.15, -0.1) is 0 Å². The molecule has 0 aromatic carbocycles. The number of carbonyl (C=O) groups is 2. The fourth-order valence-electron chi connectivity index (χ4n) is 3.06. The van der Waals surface area contributed by atoms with Gasteiger partial charge in [-0.1, -0.05) is 18.6 Å². The minimum absolute atomic E-state index is 0.0709. The second-order valence-electron chi connectivity index (χ2n) is 6.19. The number of ether oxygens (including phenoxy) is 2. The van der Waals surface area contributed by atoms with Crippen molar-refractivity contribution in [2.75, 3.05) is 0 Å². The van der Waals surface area contributed by atoms with Gasteiger partial charge in [0.05, 0.1) is 5.92 Å². The molecule has 4 atom stereocenters. The van der Waals surface area contributed by atoms with Gasteiger partial charge in [-0.25, -0.2) is 0 Å². The zero-order valence-corrected chi connectivity index (χ0v) is 13.2. The Kier molecular flexibility index (Phi) is 4.86. The smallest absolute Gasteiger partial charge is 0.309 e. The van der Waals surface area contributed by atoms with Gasteiger partial charge in [0.15, 0.2) is 0 Å². The highest BCUT2D eigenvalue weighted by Gasteiger charge is 2.40. The Morgan fingerprint density at radius 1 is 1.38 bits per heavy atom. The van der Waals surface area contributed by atoms with Crippen LogP contribution in [0.2, 0.25) is 0 Å². The van der Waals surface area contributed by atoms with Gasteiger partial charge in [0, 0.05) is 19.3 Å². The SMILES string of the molecule is CC(=O)O[C@H]1C/C=C(\C)CC[C@@H]2[C@H](/C=C\1C)OC(=O)[C@@H]2C. The molecule has 2 aliphatic rings. The highest BCUT2D eigenvalue weighted by molar-refractivity contribution is 5.75. The predicted molar refractivity (Wildman–Crippen MR) is 79.5 cm³/mol. The minimum atomic E-state index is -0.288. The Morgan fingerprint density at radius 2 is 2.10 bits per heavy atom. The van der Waals surface area contributed by atoms with E-state index in [-0.39, 0.29) is 36.0 Å². The van der Waals surface area contributed by atoms with Crippen molar-refractivity contribution in [2.24, 2.45) is 11.8 Å². The van der Waals surface area contributed by atoms with Crippen molar-refractivity contribution in [3.63, 3.8) is 0 Å². The maximum Gasteiger partial charge on any atom is 0.309 e. The quantitative estimate of drug-likeness (QED) is 0.550. The molecular weight excluding hydrogens is 268 g/mol. The van der Waals surface area contributed by atoms with Crippen LogP contribution in [0.3, 0.4) is 0 Å². The topological polar surface area (TPSA) is 52.6 Å². The third-order valence-corrected chi connectivity index (χ3v) is 4.48. The Labute approximate surface area is 126 Å². The zero-order chi connectivity index (χ0) is 15.6. The highest BCUT2D eigenvalue weighted by Crippen LogP contribution is 2.35. The maximum atomic E-state index is 11.8. The Bertz CT molecular complexity index is 489. The van der Waals surface area contributed by atoms with Gasteiger partial charge in [0.1, 0.15) is 12.2 Å². The molecule has 116 valence electrons. The third-order valence-electron chi connectivity index (χ3n) is 4.48. The number of allylic oxidation sites excluding steroid dienone is 1. The molecule has 0 aromatic heterocycles. The van der Waals surface area contributed by atoms with Crippen LogP contribution >= 0.6 is 0 Å². The maximum absolute atomic E-state index is 11.8. The van der Waals surface area contributed by atoms with Crippen LogP contribution < -0.4 is 0 Å². The summed E-state index contributed by atoms with van der Waals surface area (Å²) in [5.41, 5.74) is 2.22. The largest absolute Gasteiger partial charge is 0.458 e. The molecule has 2 rings (SSSR count). The van der Waals surface area contributed by atoms with Crippen LogP contribution in [0.1, 0.15) is 47.0 Å². The molecule has 0 saturated carbocycles. The van der Waals surface area contributed by atoms with Crippen LogP contribution in [-0.2, 0) is 19.1 Å². The molecule has 4 nitrogen and oxygen atoms in total. The molecule has 0 bridgehead atoms. The Balaban J connectivity index is 2.28. The average molecular weight is 292 g/mol. The summed E-state index contributed by atoms with van der Waals surface area (Å²) in [6, 6.07) is 0. The minimum Gasteiger partial charge on any atom is -0.458 e. The molecule has 1 heterocycles. The second kappa shape index (κ2) is 6.46. The van der Waals surface area contributed by atoms with Crippen molar-refractivity contribution in [1.82, 2.24) is 0 Å². The summed E-state index contributed by atoms with van der Waals surface area (Å²) in [6.45, 7) is 7.38. The van der Waals surface area contributed by atoms with Gasteiger partial charge < -0.3 is 9.47 Å². The lowest BCUT2D eigenvalue weighted by Gasteiger charge is -2.23. The van der Waals surface area contributed by atoms with Crippen molar-refractivity contribution in [2.45, 2.75) is 59.2 Å². The number of hydrogen-bond acceptors (Lipinski definition) is 4.